The van der Waals surface area contributed by atoms with Gasteiger partial charge in [-0.2, -0.15) is 4.98 Å². The number of imide groups is 1. The maximum atomic E-state index is 12.2. The predicted octanol–water partition coefficient (Wildman–Crippen LogP) is 5.77. The summed E-state index contributed by atoms with van der Waals surface area (Å²) in [5, 5.41) is 15.8. The number of carbonyl (C=O) groups excluding carboxylic acids is 2. The van der Waals surface area contributed by atoms with Crippen molar-refractivity contribution < 1.29 is 19.2 Å². The first-order valence-corrected chi connectivity index (χ1v) is 9.84. The van der Waals surface area contributed by atoms with Crippen LogP contribution in [0.25, 0.3) is 0 Å². The number of rotatable bonds is 5. The molecule has 0 spiro atoms. The highest BCUT2D eigenvalue weighted by Crippen LogP contribution is 2.38. The highest BCUT2D eigenvalue weighted by atomic mass is 35.5. The van der Waals surface area contributed by atoms with E-state index in [4.69, 9.17) is 39.5 Å². The molecule has 0 atom stereocenters. The first kappa shape index (κ1) is 21.8. The molecule has 0 unspecified atom stereocenters. The van der Waals surface area contributed by atoms with Gasteiger partial charge in [-0.05, 0) is 24.3 Å². The minimum Gasteiger partial charge on any atom is -0.429 e. The van der Waals surface area contributed by atoms with E-state index in [2.05, 4.69) is 10.3 Å². The topological polar surface area (TPSA) is 123 Å². The number of benzene rings is 2. The zero-order valence-electron chi connectivity index (χ0n) is 14.5. The van der Waals surface area contributed by atoms with Gasteiger partial charge < -0.3 is 10.1 Å². The summed E-state index contributed by atoms with van der Waals surface area (Å²) in [5.41, 5.74) is -0.426. The number of aromatic nitrogens is 1. The Balaban J connectivity index is 1.66. The maximum absolute atomic E-state index is 12.2. The van der Waals surface area contributed by atoms with E-state index < -0.39 is 22.5 Å². The molecule has 13 heteroatoms. The number of para-hydroxylation sites is 1. The minimum atomic E-state index is -0.927. The lowest BCUT2D eigenvalue weighted by Crippen LogP contribution is -2.34. The third kappa shape index (κ3) is 5.16. The van der Waals surface area contributed by atoms with Crippen molar-refractivity contribution in [3.8, 4) is 10.9 Å². The van der Waals surface area contributed by atoms with Crippen LogP contribution in [0, 0.1) is 10.1 Å². The average molecular weight is 488 g/mol. The van der Waals surface area contributed by atoms with Gasteiger partial charge in [0.15, 0.2) is 5.15 Å². The van der Waals surface area contributed by atoms with Crippen LogP contribution in [-0.4, -0.2) is 21.8 Å². The summed E-state index contributed by atoms with van der Waals surface area (Å²) in [4.78, 5) is 38.4. The van der Waals surface area contributed by atoms with Gasteiger partial charge in [0.05, 0.1) is 9.95 Å². The van der Waals surface area contributed by atoms with Crippen molar-refractivity contribution >= 4 is 69.5 Å². The van der Waals surface area contributed by atoms with Crippen molar-refractivity contribution in [2.45, 2.75) is 0 Å². The van der Waals surface area contributed by atoms with E-state index in [1.165, 1.54) is 36.4 Å². The van der Waals surface area contributed by atoms with Gasteiger partial charge in [-0.15, -0.1) is 0 Å². The molecule has 0 aliphatic rings. The second-order valence-electron chi connectivity index (χ2n) is 5.47. The maximum Gasteiger partial charge on any atom is 0.326 e. The fourth-order valence-electron chi connectivity index (χ4n) is 2.22. The molecule has 0 bridgehead atoms. The number of thiazole rings is 1. The molecule has 0 saturated heterocycles. The van der Waals surface area contributed by atoms with E-state index in [0.29, 0.717) is 0 Å². The molecular formula is C17H9Cl3N4O5S. The van der Waals surface area contributed by atoms with Gasteiger partial charge >= 0.3 is 6.03 Å². The number of nitro groups is 1. The SMILES string of the molecule is O=C(NC(=O)c1ccccc1[N+](=O)[O-])Nc1ccc(Oc2nc(Cl)c(Cl)s2)c(Cl)c1. The predicted molar refractivity (Wildman–Crippen MR) is 113 cm³/mol. The Morgan fingerprint density at radius 2 is 1.87 bits per heavy atom. The molecule has 0 radical (unpaired) electrons. The quantitative estimate of drug-likeness (QED) is 0.348. The van der Waals surface area contributed by atoms with Crippen LogP contribution in [0.5, 0.6) is 10.9 Å². The van der Waals surface area contributed by atoms with Crippen molar-refractivity contribution in [1.82, 2.24) is 10.3 Å². The number of hydrogen-bond donors (Lipinski definition) is 2. The number of urea groups is 1. The Morgan fingerprint density at radius 1 is 1.13 bits per heavy atom. The normalized spacial score (nSPS) is 10.4. The highest BCUT2D eigenvalue weighted by Gasteiger charge is 2.21. The van der Waals surface area contributed by atoms with Crippen molar-refractivity contribution in [2.24, 2.45) is 0 Å². The largest absolute Gasteiger partial charge is 0.429 e. The number of nitrogens with zero attached hydrogens (tertiary/aromatic N) is 2. The molecule has 154 valence electrons. The molecule has 0 saturated carbocycles. The van der Waals surface area contributed by atoms with Crippen molar-refractivity contribution in [3.63, 3.8) is 0 Å². The fraction of sp³-hybridized carbons (Fsp3) is 0. The Bertz CT molecular complexity index is 1130. The summed E-state index contributed by atoms with van der Waals surface area (Å²) in [6.07, 6.45) is 0. The smallest absolute Gasteiger partial charge is 0.326 e. The van der Waals surface area contributed by atoms with Crippen molar-refractivity contribution in [2.75, 3.05) is 5.32 Å². The number of nitro benzene ring substituents is 1. The molecule has 1 aromatic heterocycles. The van der Waals surface area contributed by atoms with E-state index >= 15 is 0 Å². The van der Waals surface area contributed by atoms with E-state index in [1.807, 2.05) is 5.32 Å². The number of hydrogen-bond acceptors (Lipinski definition) is 7. The zero-order valence-corrected chi connectivity index (χ0v) is 17.6. The lowest BCUT2D eigenvalue weighted by molar-refractivity contribution is -0.385. The molecule has 3 rings (SSSR count). The van der Waals surface area contributed by atoms with Crippen LogP contribution < -0.4 is 15.4 Å². The zero-order chi connectivity index (χ0) is 21.8. The lowest BCUT2D eigenvalue weighted by Gasteiger charge is -2.09. The molecule has 0 aliphatic heterocycles. The number of halogens is 3. The van der Waals surface area contributed by atoms with Gasteiger partial charge in [0, 0.05) is 11.8 Å². The number of amides is 3. The van der Waals surface area contributed by atoms with E-state index in [-0.39, 0.29) is 36.7 Å². The van der Waals surface area contributed by atoms with Crippen LogP contribution in [0.2, 0.25) is 14.5 Å². The Morgan fingerprint density at radius 3 is 2.50 bits per heavy atom. The highest BCUT2D eigenvalue weighted by molar-refractivity contribution is 7.18. The molecule has 0 fully saturated rings. The van der Waals surface area contributed by atoms with Crippen LogP contribution in [0.1, 0.15) is 10.4 Å². The fourth-order valence-corrected chi connectivity index (χ4v) is 3.48. The molecule has 2 N–H and O–H groups in total. The van der Waals surface area contributed by atoms with Crippen molar-refractivity contribution in [3.05, 3.63) is 72.7 Å². The van der Waals surface area contributed by atoms with Gasteiger partial charge in [0.1, 0.15) is 15.6 Å². The second kappa shape index (κ2) is 9.26. The van der Waals surface area contributed by atoms with Crippen LogP contribution in [-0.2, 0) is 0 Å². The van der Waals surface area contributed by atoms with Gasteiger partial charge in [-0.25, -0.2) is 4.79 Å². The van der Waals surface area contributed by atoms with Crippen LogP contribution in [0.15, 0.2) is 42.5 Å². The standard InChI is InChI=1S/C17H9Cl3N4O5S/c18-10-7-8(5-6-12(10)29-17-22-13(19)14(20)30-17)21-16(26)23-15(25)9-3-1-2-4-11(9)24(27)28/h1-7H,(H2,21,23,25,26). The average Bonchev–Trinajstić information content (AvgIpc) is 3.01. The Labute approximate surface area is 187 Å². The van der Waals surface area contributed by atoms with Crippen LogP contribution >= 0.6 is 46.1 Å². The first-order chi connectivity index (χ1) is 14.2. The first-order valence-electron chi connectivity index (χ1n) is 7.89. The monoisotopic (exact) mass is 486 g/mol. The third-order valence-corrected chi connectivity index (χ3v) is 5.40. The Kier molecular flexibility index (Phi) is 6.73. The van der Waals surface area contributed by atoms with Crippen LogP contribution in [0.3, 0.4) is 0 Å². The summed E-state index contributed by atoms with van der Waals surface area (Å²) in [7, 11) is 0. The summed E-state index contributed by atoms with van der Waals surface area (Å²) < 4.78 is 5.75. The molecule has 9 nitrogen and oxygen atoms in total. The van der Waals surface area contributed by atoms with Gasteiger partial charge in [-0.3, -0.25) is 20.2 Å². The van der Waals surface area contributed by atoms with E-state index in [0.717, 1.165) is 17.4 Å². The van der Waals surface area contributed by atoms with Crippen LogP contribution in [0.4, 0.5) is 16.2 Å². The van der Waals surface area contributed by atoms with Gasteiger partial charge in [-0.1, -0.05) is 58.3 Å². The molecular weight excluding hydrogens is 479 g/mol. The molecule has 0 aliphatic carbocycles. The third-order valence-electron chi connectivity index (χ3n) is 3.49. The van der Waals surface area contributed by atoms with Crippen molar-refractivity contribution in [1.29, 1.82) is 0 Å². The Hall–Kier alpha value is -2.92. The molecule has 3 aromatic rings. The summed E-state index contributed by atoms with van der Waals surface area (Å²) in [5.74, 6) is -0.691. The molecule has 1 heterocycles. The summed E-state index contributed by atoms with van der Waals surface area (Å²) >= 11 is 18.7. The second-order valence-corrected chi connectivity index (χ2v) is 7.80. The number of ether oxygens (including phenoxy) is 1. The summed E-state index contributed by atoms with van der Waals surface area (Å²) in [6, 6.07) is 8.66. The van der Waals surface area contributed by atoms with Gasteiger partial charge in [0.25, 0.3) is 16.8 Å². The number of anilines is 1. The lowest BCUT2D eigenvalue weighted by atomic mass is 10.1. The van der Waals surface area contributed by atoms with E-state index in [1.54, 1.807) is 0 Å². The minimum absolute atomic E-state index is 0.103. The van der Waals surface area contributed by atoms with E-state index in [9.17, 15) is 19.7 Å². The molecule has 2 aromatic carbocycles. The van der Waals surface area contributed by atoms with Gasteiger partial charge in [0.2, 0.25) is 0 Å². The molecule has 3 amide bonds. The summed E-state index contributed by atoms with van der Waals surface area (Å²) in [6.45, 7) is 0. The number of nitrogens with one attached hydrogen (secondary N) is 2. The number of carbonyl (C=O) groups is 2. The molecule has 30 heavy (non-hydrogen) atoms.